The van der Waals surface area contributed by atoms with E-state index in [2.05, 4.69) is 10.8 Å². The van der Waals surface area contributed by atoms with Gasteiger partial charge in [0.2, 0.25) is 0 Å². The topological polar surface area (TPSA) is 67.4 Å². The van der Waals surface area contributed by atoms with Crippen molar-refractivity contribution >= 4 is 11.8 Å². The second kappa shape index (κ2) is 8.84. The van der Waals surface area contributed by atoms with Crippen molar-refractivity contribution in [1.82, 2.24) is 10.8 Å². The highest BCUT2D eigenvalue weighted by Crippen LogP contribution is 2.06. The molecule has 2 rings (SSSR count). The maximum atomic E-state index is 12.3. The molecule has 24 heavy (non-hydrogen) atoms. The van der Waals surface area contributed by atoms with Gasteiger partial charge in [-0.15, -0.1) is 0 Å². The highest BCUT2D eigenvalue weighted by Gasteiger charge is 2.24. The van der Waals surface area contributed by atoms with Crippen LogP contribution in [0.1, 0.15) is 29.8 Å². The average Bonchev–Trinajstić information content (AvgIpc) is 2.60. The van der Waals surface area contributed by atoms with Crippen molar-refractivity contribution in [2.45, 2.75) is 26.5 Å². The monoisotopic (exact) mass is 326 g/mol. The Hall–Kier alpha value is -2.66. The highest BCUT2D eigenvalue weighted by atomic mass is 16.6. The van der Waals surface area contributed by atoms with E-state index in [0.29, 0.717) is 5.56 Å². The summed E-state index contributed by atoms with van der Waals surface area (Å²) in [7, 11) is 0. The third-order valence-electron chi connectivity index (χ3n) is 3.53. The van der Waals surface area contributed by atoms with Gasteiger partial charge >= 0.3 is 0 Å². The molecular formula is C19H22N2O3. The molecule has 0 spiro atoms. The number of rotatable bonds is 7. The number of hydrogen-bond acceptors (Lipinski definition) is 3. The molecule has 5 heteroatoms. The van der Waals surface area contributed by atoms with Gasteiger partial charge in [-0.25, -0.2) is 5.48 Å². The summed E-state index contributed by atoms with van der Waals surface area (Å²) in [5, 5.41) is 2.75. The van der Waals surface area contributed by atoms with E-state index in [-0.39, 0.29) is 24.3 Å². The predicted molar refractivity (Wildman–Crippen MR) is 91.9 cm³/mol. The van der Waals surface area contributed by atoms with E-state index >= 15 is 0 Å². The van der Waals surface area contributed by atoms with Crippen LogP contribution in [-0.2, 0) is 16.2 Å². The fourth-order valence-electron chi connectivity index (χ4n) is 2.18. The number of amides is 2. The first-order valence-corrected chi connectivity index (χ1v) is 7.89. The lowest BCUT2D eigenvalue weighted by Crippen LogP contribution is -2.49. The summed E-state index contributed by atoms with van der Waals surface area (Å²) in [5.74, 6) is -0.726. The van der Waals surface area contributed by atoms with Gasteiger partial charge in [-0.3, -0.25) is 14.4 Å². The van der Waals surface area contributed by atoms with Gasteiger partial charge in [0.1, 0.15) is 6.04 Å². The van der Waals surface area contributed by atoms with Crippen LogP contribution in [0.3, 0.4) is 0 Å². The maximum absolute atomic E-state index is 12.3. The summed E-state index contributed by atoms with van der Waals surface area (Å²) in [4.78, 5) is 29.8. The molecule has 2 N–H and O–H groups in total. The summed E-state index contributed by atoms with van der Waals surface area (Å²) in [5.41, 5.74) is 3.88. The average molecular weight is 326 g/mol. The van der Waals surface area contributed by atoms with Crippen LogP contribution in [0.25, 0.3) is 0 Å². The first kappa shape index (κ1) is 17.7. The van der Waals surface area contributed by atoms with Crippen molar-refractivity contribution < 1.29 is 14.4 Å². The predicted octanol–water partition coefficient (Wildman–Crippen LogP) is 2.69. The van der Waals surface area contributed by atoms with Crippen molar-refractivity contribution in [2.24, 2.45) is 5.92 Å². The molecule has 0 saturated heterocycles. The van der Waals surface area contributed by atoms with E-state index in [0.717, 1.165) is 5.56 Å². The molecular weight excluding hydrogens is 304 g/mol. The minimum absolute atomic E-state index is 0.0713. The van der Waals surface area contributed by atoms with Crippen molar-refractivity contribution in [3.05, 3.63) is 71.8 Å². The summed E-state index contributed by atoms with van der Waals surface area (Å²) < 4.78 is 0. The Bertz CT molecular complexity index is 657. The Morgan fingerprint density at radius 2 is 1.54 bits per heavy atom. The van der Waals surface area contributed by atoms with Crippen LogP contribution < -0.4 is 10.8 Å². The second-order valence-corrected chi connectivity index (χ2v) is 5.80. The Morgan fingerprint density at radius 3 is 2.12 bits per heavy atom. The van der Waals surface area contributed by atoms with Gasteiger partial charge in [-0.05, 0) is 23.6 Å². The molecule has 0 heterocycles. The zero-order chi connectivity index (χ0) is 17.4. The lowest BCUT2D eigenvalue weighted by atomic mass is 10.0. The summed E-state index contributed by atoms with van der Waals surface area (Å²) in [6.45, 7) is 4.00. The molecule has 0 bridgehead atoms. The van der Waals surface area contributed by atoms with Gasteiger partial charge in [0.25, 0.3) is 11.8 Å². The molecule has 1 atom stereocenters. The van der Waals surface area contributed by atoms with Crippen LogP contribution in [0.5, 0.6) is 0 Å². The van der Waals surface area contributed by atoms with E-state index in [1.165, 1.54) is 0 Å². The number of carbonyl (C=O) groups is 2. The molecule has 0 aliphatic carbocycles. The third-order valence-corrected chi connectivity index (χ3v) is 3.53. The number of benzene rings is 2. The molecule has 2 amide bonds. The standard InChI is InChI=1S/C19H22N2O3/c1-14(2)17(20-18(22)16-11-7-4-8-12-16)19(23)21-24-13-15-9-5-3-6-10-15/h3-12,14,17H,13H2,1-2H3,(H,20,22)(H,21,23). The maximum Gasteiger partial charge on any atom is 0.266 e. The van der Waals surface area contributed by atoms with Gasteiger partial charge in [0.15, 0.2) is 0 Å². The number of carbonyl (C=O) groups excluding carboxylic acids is 2. The van der Waals surface area contributed by atoms with Crippen LogP contribution in [0.4, 0.5) is 0 Å². The van der Waals surface area contributed by atoms with Crippen molar-refractivity contribution in [3.63, 3.8) is 0 Å². The van der Waals surface area contributed by atoms with Crippen molar-refractivity contribution in [2.75, 3.05) is 0 Å². The second-order valence-electron chi connectivity index (χ2n) is 5.80. The van der Waals surface area contributed by atoms with E-state index in [4.69, 9.17) is 4.84 Å². The van der Waals surface area contributed by atoms with E-state index in [1.807, 2.05) is 50.2 Å². The molecule has 0 aliphatic rings. The van der Waals surface area contributed by atoms with Crippen LogP contribution >= 0.6 is 0 Å². The Labute approximate surface area is 142 Å². The van der Waals surface area contributed by atoms with Gasteiger partial charge in [0.05, 0.1) is 6.61 Å². The number of nitrogens with one attached hydrogen (secondary N) is 2. The van der Waals surface area contributed by atoms with Crippen LogP contribution in [0.15, 0.2) is 60.7 Å². The molecule has 0 fully saturated rings. The molecule has 0 aromatic heterocycles. The molecule has 0 aliphatic heterocycles. The van der Waals surface area contributed by atoms with Gasteiger partial charge in [-0.2, -0.15) is 0 Å². The lowest BCUT2D eigenvalue weighted by molar-refractivity contribution is -0.137. The molecule has 0 radical (unpaired) electrons. The highest BCUT2D eigenvalue weighted by molar-refractivity contribution is 5.97. The van der Waals surface area contributed by atoms with Gasteiger partial charge < -0.3 is 5.32 Å². The normalized spacial score (nSPS) is 11.8. The zero-order valence-electron chi connectivity index (χ0n) is 13.9. The van der Waals surface area contributed by atoms with Crippen LogP contribution in [0, 0.1) is 5.92 Å². The number of hydrogen-bond donors (Lipinski definition) is 2. The van der Waals surface area contributed by atoms with E-state index in [9.17, 15) is 9.59 Å². The summed E-state index contributed by atoms with van der Waals surface area (Å²) in [6.07, 6.45) is 0. The fraction of sp³-hybridized carbons (Fsp3) is 0.263. The minimum Gasteiger partial charge on any atom is -0.340 e. The van der Waals surface area contributed by atoms with Crippen molar-refractivity contribution in [3.8, 4) is 0 Å². The van der Waals surface area contributed by atoms with E-state index < -0.39 is 6.04 Å². The van der Waals surface area contributed by atoms with Crippen LogP contribution in [-0.4, -0.2) is 17.9 Å². The smallest absolute Gasteiger partial charge is 0.266 e. The largest absolute Gasteiger partial charge is 0.340 e. The minimum atomic E-state index is -0.673. The molecule has 0 saturated carbocycles. The van der Waals surface area contributed by atoms with Crippen LogP contribution in [0.2, 0.25) is 0 Å². The molecule has 5 nitrogen and oxygen atoms in total. The quantitative estimate of drug-likeness (QED) is 0.769. The Kier molecular flexibility index (Phi) is 6.51. The Morgan fingerprint density at radius 1 is 0.958 bits per heavy atom. The fourth-order valence-corrected chi connectivity index (χ4v) is 2.18. The van der Waals surface area contributed by atoms with Crippen molar-refractivity contribution in [1.29, 1.82) is 0 Å². The van der Waals surface area contributed by atoms with Gasteiger partial charge in [-0.1, -0.05) is 62.4 Å². The summed E-state index contributed by atoms with van der Waals surface area (Å²) >= 11 is 0. The van der Waals surface area contributed by atoms with Gasteiger partial charge in [0, 0.05) is 5.56 Å². The first-order chi connectivity index (χ1) is 11.6. The lowest BCUT2D eigenvalue weighted by Gasteiger charge is -2.21. The third kappa shape index (κ3) is 5.21. The molecule has 1 unspecified atom stereocenters. The Balaban J connectivity index is 1.89. The summed E-state index contributed by atoms with van der Waals surface area (Å²) in [6, 6.07) is 17.7. The molecule has 2 aromatic carbocycles. The number of hydroxylamine groups is 1. The van der Waals surface area contributed by atoms with E-state index in [1.54, 1.807) is 24.3 Å². The SMILES string of the molecule is CC(C)C(NC(=O)c1ccccc1)C(=O)NOCc1ccccc1. The zero-order valence-corrected chi connectivity index (χ0v) is 13.9. The molecule has 126 valence electrons. The molecule has 2 aromatic rings. The first-order valence-electron chi connectivity index (χ1n) is 7.89.